The van der Waals surface area contributed by atoms with Gasteiger partial charge in [0.1, 0.15) is 19.3 Å². The number of ether oxygens (including phenoxy) is 2. The van der Waals surface area contributed by atoms with Gasteiger partial charge in [0.15, 0.2) is 0 Å². The van der Waals surface area contributed by atoms with Crippen molar-refractivity contribution in [3.05, 3.63) is 71.8 Å². The van der Waals surface area contributed by atoms with Crippen LogP contribution < -0.4 is 16.0 Å². The Hall–Kier alpha value is -3.88. The Bertz CT molecular complexity index is 1030. The number of benzene rings is 2. The first-order valence-corrected chi connectivity index (χ1v) is 12.9. The number of nitrogens with one attached hydrogen (secondary N) is 3. The lowest BCUT2D eigenvalue weighted by atomic mass is 10.0. The molecule has 2 aromatic rings. The monoisotopic (exact) mass is 525 g/mol. The van der Waals surface area contributed by atoms with E-state index in [1.54, 1.807) is 13.8 Å². The number of carbonyl (C=O) groups excluding carboxylic acids is 4. The zero-order chi connectivity index (χ0) is 27.9. The maximum Gasteiger partial charge on any atom is 0.408 e. The number of alkyl carbamates (subject to hydrolysis) is 1. The van der Waals surface area contributed by atoms with Gasteiger partial charge in [-0.1, -0.05) is 67.6 Å². The molecule has 0 aliphatic rings. The lowest BCUT2D eigenvalue weighted by Gasteiger charge is -2.23. The Balaban J connectivity index is 1.63. The summed E-state index contributed by atoms with van der Waals surface area (Å²) in [5.41, 5.74) is 1.76. The molecule has 3 amide bonds. The molecule has 4 atom stereocenters. The molecule has 0 aliphatic heterocycles. The maximum absolute atomic E-state index is 12.5. The highest BCUT2D eigenvalue weighted by atomic mass is 16.5. The van der Waals surface area contributed by atoms with Gasteiger partial charge in [0, 0.05) is 24.4 Å². The van der Waals surface area contributed by atoms with Crippen molar-refractivity contribution in [2.45, 2.75) is 78.3 Å². The van der Waals surface area contributed by atoms with Crippen LogP contribution in [0.4, 0.5) is 4.79 Å². The van der Waals surface area contributed by atoms with E-state index >= 15 is 0 Å². The summed E-state index contributed by atoms with van der Waals surface area (Å²) >= 11 is 0. The summed E-state index contributed by atoms with van der Waals surface area (Å²) in [6, 6.07) is 17.4. The Morgan fingerprint density at radius 2 is 1.18 bits per heavy atom. The second-order valence-electron chi connectivity index (χ2n) is 9.57. The molecule has 3 N–H and O–H groups in total. The fraction of sp³-hybridized carbons (Fsp3) is 0.448. The maximum atomic E-state index is 12.5. The molecular weight excluding hydrogens is 486 g/mol. The van der Waals surface area contributed by atoms with Gasteiger partial charge in [-0.2, -0.15) is 0 Å². The number of hydrogen-bond acceptors (Lipinski definition) is 6. The molecule has 0 aromatic heterocycles. The van der Waals surface area contributed by atoms with Crippen LogP contribution >= 0.6 is 0 Å². The minimum atomic E-state index is -0.785. The summed E-state index contributed by atoms with van der Waals surface area (Å²) in [4.78, 5) is 49.0. The van der Waals surface area contributed by atoms with Crippen LogP contribution in [0.1, 0.15) is 58.1 Å². The van der Waals surface area contributed by atoms with Crippen molar-refractivity contribution in [2.75, 3.05) is 0 Å². The molecule has 0 radical (unpaired) electrons. The van der Waals surface area contributed by atoms with Crippen LogP contribution in [-0.2, 0) is 37.1 Å². The van der Waals surface area contributed by atoms with Crippen molar-refractivity contribution in [1.82, 2.24) is 16.0 Å². The number of esters is 1. The largest absolute Gasteiger partial charge is 0.461 e. The smallest absolute Gasteiger partial charge is 0.408 e. The summed E-state index contributed by atoms with van der Waals surface area (Å²) in [6.45, 7) is 7.34. The molecule has 2 aromatic carbocycles. The fourth-order valence-electron chi connectivity index (χ4n) is 3.68. The van der Waals surface area contributed by atoms with E-state index in [9.17, 15) is 19.2 Å². The molecule has 4 unspecified atom stereocenters. The van der Waals surface area contributed by atoms with E-state index in [4.69, 9.17) is 9.47 Å². The molecule has 9 heteroatoms. The van der Waals surface area contributed by atoms with Gasteiger partial charge in [0.2, 0.25) is 11.8 Å². The van der Waals surface area contributed by atoms with Crippen molar-refractivity contribution >= 4 is 23.9 Å². The van der Waals surface area contributed by atoms with Crippen LogP contribution in [0.15, 0.2) is 60.7 Å². The molecule has 0 heterocycles. The molecule has 0 aliphatic carbocycles. The normalized spacial score (nSPS) is 13.8. The first kappa shape index (κ1) is 30.3. The molecular formula is C29H39N3O6. The van der Waals surface area contributed by atoms with Crippen molar-refractivity contribution in [1.29, 1.82) is 0 Å². The number of amides is 3. The molecule has 0 fully saturated rings. The minimum Gasteiger partial charge on any atom is -0.461 e. The molecule has 38 heavy (non-hydrogen) atoms. The van der Waals surface area contributed by atoms with Crippen molar-refractivity contribution in [3.63, 3.8) is 0 Å². The molecule has 9 nitrogen and oxygen atoms in total. The topological polar surface area (TPSA) is 123 Å². The Labute approximate surface area is 224 Å². The van der Waals surface area contributed by atoms with Crippen LogP contribution in [0.5, 0.6) is 0 Å². The average molecular weight is 526 g/mol. The number of hydrogen-bond donors (Lipinski definition) is 3. The van der Waals surface area contributed by atoms with Crippen LogP contribution in [0.2, 0.25) is 0 Å². The molecule has 0 saturated heterocycles. The quantitative estimate of drug-likeness (QED) is 0.322. The zero-order valence-electron chi connectivity index (χ0n) is 22.6. The highest BCUT2D eigenvalue weighted by Crippen LogP contribution is 2.10. The van der Waals surface area contributed by atoms with Crippen molar-refractivity contribution < 1.29 is 28.7 Å². The second kappa shape index (κ2) is 16.1. The van der Waals surface area contributed by atoms with Crippen molar-refractivity contribution in [3.8, 4) is 0 Å². The summed E-state index contributed by atoms with van der Waals surface area (Å²) < 4.78 is 10.4. The van der Waals surface area contributed by atoms with Crippen LogP contribution in [0, 0.1) is 5.92 Å². The lowest BCUT2D eigenvalue weighted by molar-refractivity contribution is -0.145. The fourth-order valence-corrected chi connectivity index (χ4v) is 3.68. The van der Waals surface area contributed by atoms with Crippen LogP contribution in [0.3, 0.4) is 0 Å². The van der Waals surface area contributed by atoms with E-state index in [0.29, 0.717) is 12.8 Å². The summed E-state index contributed by atoms with van der Waals surface area (Å²) in [6.07, 6.45) is 0.347. The molecule has 0 saturated carbocycles. The Morgan fingerprint density at radius 1 is 0.684 bits per heavy atom. The third-order valence-corrected chi connectivity index (χ3v) is 5.90. The summed E-state index contributed by atoms with van der Waals surface area (Å²) in [5, 5.41) is 8.28. The minimum absolute atomic E-state index is 0.113. The zero-order valence-corrected chi connectivity index (χ0v) is 22.6. The first-order valence-electron chi connectivity index (χ1n) is 12.9. The van der Waals surface area contributed by atoms with Crippen LogP contribution in [-0.4, -0.2) is 42.0 Å². The van der Waals surface area contributed by atoms with E-state index in [1.807, 2.05) is 74.5 Å². The highest BCUT2D eigenvalue weighted by molar-refractivity contribution is 5.85. The number of rotatable bonds is 14. The molecule has 206 valence electrons. The van der Waals surface area contributed by atoms with Gasteiger partial charge in [-0.3, -0.25) is 14.4 Å². The van der Waals surface area contributed by atoms with Gasteiger partial charge in [-0.05, 0) is 44.7 Å². The van der Waals surface area contributed by atoms with Crippen molar-refractivity contribution in [2.24, 2.45) is 5.92 Å². The van der Waals surface area contributed by atoms with E-state index < -0.39 is 12.1 Å². The van der Waals surface area contributed by atoms with E-state index in [2.05, 4.69) is 16.0 Å². The standard InChI is InChI=1S/C29H39N3O6/c1-20(15-16-26(33)37-18-24-11-7-5-8-12-24)27(34)30-21(2)17-22(3)31-28(35)23(4)32-29(36)38-19-25-13-9-6-10-14-25/h5-14,20-23H,15-19H2,1-4H3,(H,30,34)(H,31,35)(H,32,36). The second-order valence-corrected chi connectivity index (χ2v) is 9.57. The third-order valence-electron chi connectivity index (χ3n) is 5.90. The van der Waals surface area contributed by atoms with Gasteiger partial charge < -0.3 is 25.4 Å². The van der Waals surface area contributed by atoms with E-state index in [1.165, 1.54) is 0 Å². The van der Waals surface area contributed by atoms with E-state index in [0.717, 1.165) is 11.1 Å². The first-order chi connectivity index (χ1) is 18.1. The predicted molar refractivity (Wildman–Crippen MR) is 144 cm³/mol. The predicted octanol–water partition coefficient (Wildman–Crippen LogP) is 3.86. The Morgan fingerprint density at radius 3 is 1.74 bits per heavy atom. The van der Waals surface area contributed by atoms with Gasteiger partial charge >= 0.3 is 12.1 Å². The average Bonchev–Trinajstić information content (AvgIpc) is 2.90. The van der Waals surface area contributed by atoms with Gasteiger partial charge in [-0.25, -0.2) is 4.79 Å². The molecule has 2 rings (SSSR count). The highest BCUT2D eigenvalue weighted by Gasteiger charge is 2.21. The van der Waals surface area contributed by atoms with Crippen LogP contribution in [0.25, 0.3) is 0 Å². The van der Waals surface area contributed by atoms with Gasteiger partial charge in [-0.15, -0.1) is 0 Å². The third kappa shape index (κ3) is 11.9. The summed E-state index contributed by atoms with van der Waals surface area (Å²) in [7, 11) is 0. The SMILES string of the molecule is CC(CC(C)NC(=O)C(C)NC(=O)OCc1ccccc1)NC(=O)C(C)CCC(=O)OCc1ccccc1. The van der Waals surface area contributed by atoms with Gasteiger partial charge in [0.25, 0.3) is 0 Å². The summed E-state index contributed by atoms with van der Waals surface area (Å²) in [5.74, 6) is -1.22. The van der Waals surface area contributed by atoms with E-state index in [-0.39, 0.29) is 55.4 Å². The Kier molecular flexibility index (Phi) is 12.8. The molecule has 0 bridgehead atoms. The van der Waals surface area contributed by atoms with Gasteiger partial charge in [0.05, 0.1) is 0 Å². The number of carbonyl (C=O) groups is 4. The lowest BCUT2D eigenvalue weighted by Crippen LogP contribution is -2.49. The molecule has 0 spiro atoms.